The Kier molecular flexibility index (Phi) is 7.17. The molecule has 0 aliphatic carbocycles. The molecule has 3 rings (SSSR count). The quantitative estimate of drug-likeness (QED) is 0.483. The number of rotatable bonds is 9. The van der Waals surface area contributed by atoms with E-state index >= 15 is 0 Å². The molecular formula is C21H22FN3O3S2. The normalized spacial score (nSPS) is 11.3. The zero-order chi connectivity index (χ0) is 21.6. The first-order valence-corrected chi connectivity index (χ1v) is 11.8. The van der Waals surface area contributed by atoms with E-state index in [0.717, 1.165) is 42.1 Å². The van der Waals surface area contributed by atoms with Gasteiger partial charge in [0.05, 0.1) is 21.2 Å². The molecule has 30 heavy (non-hydrogen) atoms. The first kappa shape index (κ1) is 21.9. The number of unbranched alkanes of at least 4 members (excludes halogenated alkanes) is 1. The number of hydrogen-bond acceptors (Lipinski definition) is 5. The number of aryl methyl sites for hydroxylation is 2. The van der Waals surface area contributed by atoms with Crippen LogP contribution in [0.5, 0.6) is 0 Å². The molecular weight excluding hydrogens is 425 g/mol. The van der Waals surface area contributed by atoms with Crippen LogP contribution in [0.3, 0.4) is 0 Å². The van der Waals surface area contributed by atoms with Crippen LogP contribution in [-0.2, 0) is 16.4 Å². The maximum Gasteiger partial charge on any atom is 0.261 e. The first-order chi connectivity index (χ1) is 14.3. The van der Waals surface area contributed by atoms with Crippen LogP contribution < -0.4 is 10.0 Å². The lowest BCUT2D eigenvalue weighted by Crippen LogP contribution is -2.26. The predicted molar refractivity (Wildman–Crippen MR) is 116 cm³/mol. The predicted octanol–water partition coefficient (Wildman–Crippen LogP) is 4.14. The lowest BCUT2D eigenvalue weighted by Gasteiger charge is -2.13. The van der Waals surface area contributed by atoms with Gasteiger partial charge >= 0.3 is 0 Å². The topological polar surface area (TPSA) is 88.2 Å². The minimum Gasteiger partial charge on any atom is -0.352 e. The average Bonchev–Trinajstić information content (AvgIpc) is 3.13. The van der Waals surface area contributed by atoms with E-state index in [9.17, 15) is 17.6 Å². The van der Waals surface area contributed by atoms with Crippen molar-refractivity contribution < 1.29 is 17.6 Å². The fraction of sp³-hybridized carbons (Fsp3) is 0.238. The highest BCUT2D eigenvalue weighted by Gasteiger charge is 2.18. The minimum absolute atomic E-state index is 0.0865. The van der Waals surface area contributed by atoms with E-state index < -0.39 is 15.8 Å². The fourth-order valence-electron chi connectivity index (χ4n) is 2.80. The lowest BCUT2D eigenvalue weighted by molar-refractivity contribution is 0.0954. The van der Waals surface area contributed by atoms with Gasteiger partial charge in [-0.2, -0.15) is 0 Å². The largest absolute Gasteiger partial charge is 0.352 e. The summed E-state index contributed by atoms with van der Waals surface area (Å²) in [6.07, 6.45) is 2.54. The number of anilines is 1. The van der Waals surface area contributed by atoms with Crippen molar-refractivity contribution in [1.82, 2.24) is 10.3 Å². The number of carbonyl (C=O) groups is 1. The van der Waals surface area contributed by atoms with E-state index in [2.05, 4.69) is 15.0 Å². The Morgan fingerprint density at radius 3 is 2.53 bits per heavy atom. The number of aromatic nitrogens is 1. The SMILES string of the molecule is Cc1csc(CCCCNC(=O)c2ccccc2NS(=O)(=O)c2ccc(F)cc2)n1. The summed E-state index contributed by atoms with van der Waals surface area (Å²) < 4.78 is 40.6. The van der Waals surface area contributed by atoms with E-state index in [1.165, 1.54) is 18.2 Å². The lowest BCUT2D eigenvalue weighted by atomic mass is 10.1. The molecule has 2 N–H and O–H groups in total. The highest BCUT2D eigenvalue weighted by Crippen LogP contribution is 2.20. The minimum atomic E-state index is -3.95. The van der Waals surface area contributed by atoms with Gasteiger partial charge in [0.1, 0.15) is 5.82 Å². The molecule has 0 unspecified atom stereocenters. The van der Waals surface area contributed by atoms with Gasteiger partial charge in [-0.05, 0) is 62.6 Å². The van der Waals surface area contributed by atoms with Crippen LogP contribution >= 0.6 is 11.3 Å². The van der Waals surface area contributed by atoms with Gasteiger partial charge in [-0.1, -0.05) is 12.1 Å². The molecule has 0 saturated carbocycles. The summed E-state index contributed by atoms with van der Waals surface area (Å²) >= 11 is 1.63. The smallest absolute Gasteiger partial charge is 0.261 e. The molecule has 9 heteroatoms. The second-order valence-corrected chi connectivity index (χ2v) is 9.33. The summed E-state index contributed by atoms with van der Waals surface area (Å²) in [5.74, 6) is -0.892. The molecule has 1 amide bonds. The molecule has 1 aromatic heterocycles. The number of nitrogens with one attached hydrogen (secondary N) is 2. The Labute approximate surface area is 179 Å². The Morgan fingerprint density at radius 1 is 1.10 bits per heavy atom. The molecule has 3 aromatic rings. The van der Waals surface area contributed by atoms with Crippen molar-refractivity contribution >= 4 is 33.0 Å². The summed E-state index contributed by atoms with van der Waals surface area (Å²) in [7, 11) is -3.95. The monoisotopic (exact) mass is 447 g/mol. The third-order valence-corrected chi connectivity index (χ3v) is 6.72. The highest BCUT2D eigenvalue weighted by atomic mass is 32.2. The maximum absolute atomic E-state index is 13.1. The second kappa shape index (κ2) is 9.82. The van der Waals surface area contributed by atoms with E-state index in [1.54, 1.807) is 29.5 Å². The number of benzene rings is 2. The number of para-hydroxylation sites is 1. The van der Waals surface area contributed by atoms with Gasteiger partial charge in [0, 0.05) is 17.6 Å². The highest BCUT2D eigenvalue weighted by molar-refractivity contribution is 7.92. The molecule has 0 saturated heterocycles. The van der Waals surface area contributed by atoms with Gasteiger partial charge in [0.15, 0.2) is 0 Å². The van der Waals surface area contributed by atoms with Gasteiger partial charge in [-0.15, -0.1) is 11.3 Å². The number of sulfonamides is 1. The van der Waals surface area contributed by atoms with E-state index in [4.69, 9.17) is 0 Å². The third kappa shape index (κ3) is 5.87. The molecule has 158 valence electrons. The summed E-state index contributed by atoms with van der Waals surface area (Å²) in [6.45, 7) is 2.43. The number of thiazole rings is 1. The molecule has 0 aliphatic heterocycles. The van der Waals surface area contributed by atoms with Crippen LogP contribution in [0.15, 0.2) is 58.8 Å². The standard InChI is InChI=1S/C21H22FN3O3S2/c1-15-14-29-20(24-15)8-4-5-13-23-21(26)18-6-2-3-7-19(18)25-30(27,28)17-11-9-16(22)10-12-17/h2-3,6-7,9-12,14,25H,4-5,8,13H2,1H3,(H,23,26). The number of amides is 1. The van der Waals surface area contributed by atoms with Crippen molar-refractivity contribution in [3.05, 3.63) is 76.0 Å². The van der Waals surface area contributed by atoms with Crippen LogP contribution in [0.25, 0.3) is 0 Å². The molecule has 0 aliphatic rings. The summed E-state index contributed by atoms with van der Waals surface area (Å²) in [5, 5.41) is 5.92. The second-order valence-electron chi connectivity index (χ2n) is 6.70. The molecule has 0 atom stereocenters. The summed E-state index contributed by atoms with van der Waals surface area (Å²) in [4.78, 5) is 16.9. The van der Waals surface area contributed by atoms with Crippen molar-refractivity contribution in [2.24, 2.45) is 0 Å². The van der Waals surface area contributed by atoms with Crippen molar-refractivity contribution in [3.63, 3.8) is 0 Å². The van der Waals surface area contributed by atoms with Crippen molar-refractivity contribution in [1.29, 1.82) is 0 Å². The summed E-state index contributed by atoms with van der Waals surface area (Å²) in [6, 6.07) is 10.8. The van der Waals surface area contributed by atoms with Crippen molar-refractivity contribution in [3.8, 4) is 0 Å². The summed E-state index contributed by atoms with van der Waals surface area (Å²) in [5.41, 5.74) is 1.40. The number of nitrogens with zero attached hydrogens (tertiary/aromatic N) is 1. The molecule has 1 heterocycles. The average molecular weight is 448 g/mol. The first-order valence-electron chi connectivity index (χ1n) is 9.42. The number of halogens is 1. The zero-order valence-electron chi connectivity index (χ0n) is 16.4. The van der Waals surface area contributed by atoms with Crippen LogP contribution in [0.1, 0.15) is 33.9 Å². The maximum atomic E-state index is 13.1. The molecule has 6 nitrogen and oxygen atoms in total. The van der Waals surface area contributed by atoms with Gasteiger partial charge in [0.2, 0.25) is 0 Å². The van der Waals surface area contributed by atoms with Crippen LogP contribution in [0.4, 0.5) is 10.1 Å². The van der Waals surface area contributed by atoms with Crippen molar-refractivity contribution in [2.45, 2.75) is 31.1 Å². The van der Waals surface area contributed by atoms with Crippen LogP contribution in [0, 0.1) is 12.7 Å². The van der Waals surface area contributed by atoms with Gasteiger partial charge in [-0.3, -0.25) is 9.52 Å². The molecule has 0 bridgehead atoms. The Balaban J connectivity index is 1.58. The van der Waals surface area contributed by atoms with E-state index in [0.29, 0.717) is 6.54 Å². The van der Waals surface area contributed by atoms with E-state index in [1.807, 2.05) is 12.3 Å². The Hall–Kier alpha value is -2.78. The number of carbonyl (C=O) groups excluding carboxylic acids is 1. The molecule has 0 radical (unpaired) electrons. The Morgan fingerprint density at radius 2 is 1.83 bits per heavy atom. The van der Waals surface area contributed by atoms with Gasteiger partial charge in [0.25, 0.3) is 15.9 Å². The molecule has 0 fully saturated rings. The van der Waals surface area contributed by atoms with Crippen LogP contribution in [-0.4, -0.2) is 25.9 Å². The number of hydrogen-bond donors (Lipinski definition) is 2. The van der Waals surface area contributed by atoms with E-state index in [-0.39, 0.29) is 22.1 Å². The molecule has 0 spiro atoms. The fourth-order valence-corrected chi connectivity index (χ4v) is 4.70. The van der Waals surface area contributed by atoms with Gasteiger partial charge in [-0.25, -0.2) is 17.8 Å². The third-order valence-electron chi connectivity index (χ3n) is 4.31. The zero-order valence-corrected chi connectivity index (χ0v) is 18.0. The van der Waals surface area contributed by atoms with Gasteiger partial charge < -0.3 is 5.32 Å². The Bertz CT molecular complexity index is 1110. The van der Waals surface area contributed by atoms with Crippen molar-refractivity contribution in [2.75, 3.05) is 11.3 Å². The van der Waals surface area contributed by atoms with Crippen LogP contribution in [0.2, 0.25) is 0 Å². The molecule has 2 aromatic carbocycles.